The van der Waals surface area contributed by atoms with E-state index in [4.69, 9.17) is 5.11 Å². The molecular formula is C7H6Na2O3. The molecule has 3 nitrogen and oxygen atoms in total. The molecule has 1 aromatic carbocycles. The quantitative estimate of drug-likeness (QED) is 0.443. The number of rotatable bonds is 1. The van der Waals surface area contributed by atoms with Crippen molar-refractivity contribution in [3.63, 3.8) is 0 Å². The molecule has 0 amide bonds. The van der Waals surface area contributed by atoms with Gasteiger partial charge in [0.25, 0.3) is 0 Å². The zero-order valence-electron chi connectivity index (χ0n) is 8.07. The summed E-state index contributed by atoms with van der Waals surface area (Å²) in [7, 11) is 0. The van der Waals surface area contributed by atoms with Crippen LogP contribution in [0.5, 0.6) is 5.75 Å². The number of hydrogen-bond acceptors (Lipinski definition) is 2. The number of carbonyl (C=O) groups is 1. The molecule has 54 valence electrons. The fourth-order valence-electron chi connectivity index (χ4n) is 0.643. The Morgan fingerprint density at radius 3 is 2.17 bits per heavy atom. The predicted octanol–water partition coefficient (Wildman–Crippen LogP) is -5.42. The van der Waals surface area contributed by atoms with E-state index in [2.05, 4.69) is 0 Å². The summed E-state index contributed by atoms with van der Waals surface area (Å²) in [4.78, 5) is 10.2. The Hall–Kier alpha value is 0.490. The van der Waals surface area contributed by atoms with Gasteiger partial charge in [0.05, 0.1) is 5.56 Å². The number of para-hydroxylation sites is 1. The maximum atomic E-state index is 10.7. The number of benzene rings is 1. The third kappa shape index (κ3) is 3.94. The summed E-state index contributed by atoms with van der Waals surface area (Å²) in [6, 6.07) is 5.54. The first-order valence-corrected chi connectivity index (χ1v) is 2.71. The maximum absolute atomic E-state index is 10.7. The van der Waals surface area contributed by atoms with Crippen LogP contribution in [0, 0.1) is 0 Å². The van der Waals surface area contributed by atoms with Crippen LogP contribution in [0.2, 0.25) is 0 Å². The minimum absolute atomic E-state index is 0. The minimum atomic E-state index is -1.18. The van der Waals surface area contributed by atoms with Gasteiger partial charge in [-0.2, -0.15) is 0 Å². The van der Waals surface area contributed by atoms with Crippen molar-refractivity contribution in [3.05, 3.63) is 29.8 Å². The summed E-state index contributed by atoms with van der Waals surface area (Å²) in [6.45, 7) is 0. The van der Waals surface area contributed by atoms with E-state index in [9.17, 15) is 9.90 Å². The monoisotopic (exact) mass is 184 g/mol. The molecule has 0 bridgehead atoms. The summed E-state index contributed by atoms with van der Waals surface area (Å²) in [5.41, 5.74) is -0.178. The molecule has 12 heavy (non-hydrogen) atoms. The van der Waals surface area contributed by atoms with Gasteiger partial charge in [0, 0.05) is 0 Å². The van der Waals surface area contributed by atoms with Crippen LogP contribution in [0.4, 0.5) is 0 Å². The summed E-state index contributed by atoms with van der Waals surface area (Å²) in [6.07, 6.45) is 0. The molecule has 0 atom stereocenters. The summed E-state index contributed by atoms with van der Waals surface area (Å²) >= 11 is 0. The Morgan fingerprint density at radius 2 is 1.83 bits per heavy atom. The normalized spacial score (nSPS) is 7.67. The van der Waals surface area contributed by atoms with Gasteiger partial charge >= 0.3 is 65.1 Å². The van der Waals surface area contributed by atoms with Gasteiger partial charge < -0.3 is 11.6 Å². The molecule has 1 N–H and O–H groups in total. The Kier molecular flexibility index (Phi) is 8.68. The SMILES string of the molecule is O=C(O)c1ccccc1[O-].[H-].[Na+].[Na+]. The molecule has 0 aliphatic heterocycles. The van der Waals surface area contributed by atoms with Crippen LogP contribution in [0.25, 0.3) is 0 Å². The average molecular weight is 184 g/mol. The van der Waals surface area contributed by atoms with Crippen LogP contribution in [0.15, 0.2) is 24.3 Å². The fraction of sp³-hybridized carbons (Fsp3) is 0. The van der Waals surface area contributed by atoms with Crippen molar-refractivity contribution < 1.29 is 75.5 Å². The Balaban J connectivity index is -0.000000333. The Morgan fingerprint density at radius 1 is 1.33 bits per heavy atom. The molecule has 0 aliphatic rings. The van der Waals surface area contributed by atoms with E-state index in [1.807, 2.05) is 0 Å². The van der Waals surface area contributed by atoms with Crippen LogP contribution in [-0.4, -0.2) is 11.1 Å². The maximum Gasteiger partial charge on any atom is 1.00 e. The van der Waals surface area contributed by atoms with Crippen LogP contribution >= 0.6 is 0 Å². The number of carboxylic acid groups (broad SMARTS) is 1. The molecule has 1 rings (SSSR count). The standard InChI is InChI=1S/C7H6O3.2Na.H/c8-6-4-2-1-3-5(6)7(9)10;;;/h1-4,8H,(H,9,10);;;/q;2*+1;-1/p-1. The third-order valence-corrected chi connectivity index (χ3v) is 1.12. The second-order valence-electron chi connectivity index (χ2n) is 1.80. The van der Waals surface area contributed by atoms with Crippen LogP contribution in [0.1, 0.15) is 11.8 Å². The van der Waals surface area contributed by atoms with Crippen molar-refractivity contribution in [2.75, 3.05) is 0 Å². The first-order valence-electron chi connectivity index (χ1n) is 2.71. The van der Waals surface area contributed by atoms with Crippen molar-refractivity contribution in [3.8, 4) is 5.75 Å². The van der Waals surface area contributed by atoms with Crippen LogP contribution in [-0.2, 0) is 0 Å². The molecule has 0 unspecified atom stereocenters. The molecule has 0 fully saturated rings. The molecule has 0 saturated heterocycles. The van der Waals surface area contributed by atoms with E-state index >= 15 is 0 Å². The van der Waals surface area contributed by atoms with Gasteiger partial charge in [-0.15, -0.1) is 0 Å². The molecule has 0 spiro atoms. The van der Waals surface area contributed by atoms with Gasteiger partial charge in [-0.05, 0) is 6.07 Å². The second-order valence-corrected chi connectivity index (χ2v) is 1.80. The van der Waals surface area contributed by atoms with Crippen molar-refractivity contribution >= 4 is 5.97 Å². The molecular weight excluding hydrogens is 178 g/mol. The van der Waals surface area contributed by atoms with Crippen molar-refractivity contribution in [2.24, 2.45) is 0 Å². The summed E-state index contributed by atoms with van der Waals surface area (Å²) in [5.74, 6) is -1.62. The van der Waals surface area contributed by atoms with E-state index in [0.717, 1.165) is 0 Å². The predicted molar refractivity (Wildman–Crippen MR) is 34.0 cm³/mol. The van der Waals surface area contributed by atoms with Crippen molar-refractivity contribution in [2.45, 2.75) is 0 Å². The first-order chi connectivity index (χ1) is 4.72. The second kappa shape index (κ2) is 6.95. The van der Waals surface area contributed by atoms with E-state index in [0.29, 0.717) is 0 Å². The van der Waals surface area contributed by atoms with Gasteiger partial charge in [-0.1, -0.05) is 23.9 Å². The molecule has 5 heteroatoms. The molecule has 0 heterocycles. The van der Waals surface area contributed by atoms with Crippen LogP contribution < -0.4 is 64.2 Å². The zero-order chi connectivity index (χ0) is 7.56. The largest absolute Gasteiger partial charge is 1.00 e. The van der Waals surface area contributed by atoms with E-state index in [-0.39, 0.29) is 66.1 Å². The smallest absolute Gasteiger partial charge is 1.00 e. The molecule has 1 aromatic rings. The van der Waals surface area contributed by atoms with Gasteiger partial charge in [-0.3, -0.25) is 0 Å². The molecule has 0 aliphatic carbocycles. The van der Waals surface area contributed by atoms with Gasteiger partial charge in [0.1, 0.15) is 0 Å². The Bertz CT molecular complexity index is 268. The van der Waals surface area contributed by atoms with Gasteiger partial charge in [0.15, 0.2) is 0 Å². The molecule has 0 saturated carbocycles. The summed E-state index contributed by atoms with van der Waals surface area (Å²) in [5, 5.41) is 19.0. The topological polar surface area (TPSA) is 60.4 Å². The van der Waals surface area contributed by atoms with Crippen molar-refractivity contribution in [1.82, 2.24) is 0 Å². The van der Waals surface area contributed by atoms with Crippen molar-refractivity contribution in [1.29, 1.82) is 0 Å². The third-order valence-electron chi connectivity index (χ3n) is 1.12. The van der Waals surface area contributed by atoms with Gasteiger partial charge in [-0.25, -0.2) is 4.79 Å². The number of aromatic carboxylic acids is 1. The molecule has 0 radical (unpaired) electrons. The van der Waals surface area contributed by atoms with E-state index in [1.54, 1.807) is 0 Å². The van der Waals surface area contributed by atoms with Gasteiger partial charge in [0.2, 0.25) is 0 Å². The number of carboxylic acids is 1. The van der Waals surface area contributed by atoms with Crippen LogP contribution in [0.3, 0.4) is 0 Å². The molecule has 0 aromatic heterocycles. The zero-order valence-corrected chi connectivity index (χ0v) is 11.1. The average Bonchev–Trinajstić information content (AvgIpc) is 1.88. The van der Waals surface area contributed by atoms with E-state index < -0.39 is 11.7 Å². The Labute approximate surface area is 116 Å². The minimum Gasteiger partial charge on any atom is -1.00 e. The number of hydrogen-bond donors (Lipinski definition) is 1. The fourth-order valence-corrected chi connectivity index (χ4v) is 0.643. The first kappa shape index (κ1) is 15.0. The van der Waals surface area contributed by atoms with E-state index in [1.165, 1.54) is 24.3 Å². The summed E-state index contributed by atoms with van der Waals surface area (Å²) < 4.78 is 0.